The molecule has 3 aromatic rings. The van der Waals surface area contributed by atoms with Crippen molar-refractivity contribution in [3.8, 4) is 5.75 Å². The molecule has 166 valence electrons. The minimum Gasteiger partial charge on any atom is -0.494 e. The van der Waals surface area contributed by atoms with Crippen molar-refractivity contribution in [3.05, 3.63) is 102 Å². The fourth-order valence-electron chi connectivity index (χ4n) is 4.21. The highest BCUT2D eigenvalue weighted by atomic mass is 16.6. The van der Waals surface area contributed by atoms with Gasteiger partial charge in [0, 0.05) is 12.8 Å². The number of hydrogen-bond acceptors (Lipinski definition) is 4. The highest BCUT2D eigenvalue weighted by molar-refractivity contribution is 5.90. The fraction of sp³-hybridized carbons (Fsp3) is 0.321. The minimum absolute atomic E-state index is 0.287. The molecule has 4 nitrogen and oxygen atoms in total. The van der Waals surface area contributed by atoms with Crippen molar-refractivity contribution < 1.29 is 14.3 Å². The molecule has 0 aliphatic carbocycles. The molecule has 4 rings (SSSR count). The maximum absolute atomic E-state index is 13.0. The van der Waals surface area contributed by atoms with Crippen LogP contribution in [0.15, 0.2) is 84.9 Å². The van der Waals surface area contributed by atoms with E-state index >= 15 is 0 Å². The first-order valence-corrected chi connectivity index (χ1v) is 11.5. The van der Waals surface area contributed by atoms with Gasteiger partial charge >= 0.3 is 5.97 Å². The third-order valence-corrected chi connectivity index (χ3v) is 6.06. The Labute approximate surface area is 190 Å². The number of esters is 1. The summed E-state index contributed by atoms with van der Waals surface area (Å²) >= 11 is 0. The second-order valence-corrected chi connectivity index (χ2v) is 8.32. The Kier molecular flexibility index (Phi) is 7.57. The van der Waals surface area contributed by atoms with Crippen molar-refractivity contribution in [1.29, 1.82) is 0 Å². The molecule has 1 aliphatic rings. The first-order valence-electron chi connectivity index (χ1n) is 11.5. The zero-order valence-corrected chi connectivity index (χ0v) is 18.5. The molecule has 0 radical (unpaired) electrons. The molecule has 0 aromatic heterocycles. The number of rotatable bonds is 9. The average molecular weight is 430 g/mol. The fourth-order valence-corrected chi connectivity index (χ4v) is 4.21. The van der Waals surface area contributed by atoms with Gasteiger partial charge in [0.1, 0.15) is 11.4 Å². The monoisotopic (exact) mass is 429 g/mol. The van der Waals surface area contributed by atoms with Crippen LogP contribution in [0.25, 0.3) is 0 Å². The molecule has 1 fully saturated rings. The minimum atomic E-state index is -0.572. The number of ether oxygens (including phenoxy) is 2. The van der Waals surface area contributed by atoms with Crippen LogP contribution in [0.1, 0.15) is 47.2 Å². The summed E-state index contributed by atoms with van der Waals surface area (Å²) in [6.07, 6.45) is 4.69. The predicted molar refractivity (Wildman–Crippen MR) is 127 cm³/mol. The van der Waals surface area contributed by atoms with E-state index in [4.69, 9.17) is 9.47 Å². The molecule has 0 atom stereocenters. The summed E-state index contributed by atoms with van der Waals surface area (Å²) in [6.45, 7) is 2.33. The van der Waals surface area contributed by atoms with Crippen LogP contribution in [0.2, 0.25) is 0 Å². The van der Waals surface area contributed by atoms with Crippen LogP contribution in [0, 0.1) is 0 Å². The van der Waals surface area contributed by atoms with E-state index in [0.717, 1.165) is 56.5 Å². The highest BCUT2D eigenvalue weighted by Gasteiger charge is 2.38. The van der Waals surface area contributed by atoms with E-state index < -0.39 is 5.60 Å². The number of unbranched alkanes of at least 4 members (excludes halogenated alkanes) is 1. The van der Waals surface area contributed by atoms with Gasteiger partial charge in [0.25, 0.3) is 0 Å². The van der Waals surface area contributed by atoms with E-state index in [-0.39, 0.29) is 5.97 Å². The van der Waals surface area contributed by atoms with Crippen molar-refractivity contribution in [2.45, 2.75) is 37.7 Å². The van der Waals surface area contributed by atoms with Crippen molar-refractivity contribution in [3.63, 3.8) is 0 Å². The summed E-state index contributed by atoms with van der Waals surface area (Å²) in [6, 6.07) is 27.9. The van der Waals surface area contributed by atoms with E-state index in [0.29, 0.717) is 12.2 Å². The molecule has 0 spiro atoms. The summed E-state index contributed by atoms with van der Waals surface area (Å²) < 4.78 is 12.0. The van der Waals surface area contributed by atoms with Gasteiger partial charge in [-0.05, 0) is 67.7 Å². The lowest BCUT2D eigenvalue weighted by Gasteiger charge is -2.37. The highest BCUT2D eigenvalue weighted by Crippen LogP contribution is 2.35. The van der Waals surface area contributed by atoms with Crippen molar-refractivity contribution >= 4 is 5.97 Å². The summed E-state index contributed by atoms with van der Waals surface area (Å²) in [4.78, 5) is 13.0. The molecule has 1 saturated heterocycles. The van der Waals surface area contributed by atoms with Crippen LogP contribution in [-0.2, 0) is 16.8 Å². The zero-order valence-electron chi connectivity index (χ0n) is 18.5. The Balaban J connectivity index is 1.29. The Bertz CT molecular complexity index is 965. The van der Waals surface area contributed by atoms with Gasteiger partial charge in [0.05, 0.1) is 12.2 Å². The quantitative estimate of drug-likeness (QED) is 0.359. The Morgan fingerprint density at radius 2 is 1.47 bits per heavy atom. The molecule has 0 saturated carbocycles. The second-order valence-electron chi connectivity index (χ2n) is 8.32. The number of carbonyl (C=O) groups is 1. The Morgan fingerprint density at radius 1 is 0.812 bits per heavy atom. The van der Waals surface area contributed by atoms with Gasteiger partial charge in [-0.3, -0.25) is 0 Å². The summed E-state index contributed by atoms with van der Waals surface area (Å²) in [7, 11) is 0. The van der Waals surface area contributed by atoms with Gasteiger partial charge in [0.15, 0.2) is 0 Å². The smallest absolute Gasteiger partial charge is 0.339 e. The third kappa shape index (κ3) is 5.77. The first kappa shape index (κ1) is 22.1. The molecule has 1 N–H and O–H groups in total. The molecule has 1 heterocycles. The van der Waals surface area contributed by atoms with Crippen molar-refractivity contribution in [2.75, 3.05) is 19.7 Å². The molecular weight excluding hydrogens is 398 g/mol. The molecular formula is C28H31NO3. The van der Waals surface area contributed by atoms with Crippen molar-refractivity contribution in [2.24, 2.45) is 0 Å². The molecule has 32 heavy (non-hydrogen) atoms. The molecule has 0 unspecified atom stereocenters. The van der Waals surface area contributed by atoms with Crippen LogP contribution in [-0.4, -0.2) is 25.7 Å². The van der Waals surface area contributed by atoms with Crippen LogP contribution in [0.3, 0.4) is 0 Å². The van der Waals surface area contributed by atoms with Gasteiger partial charge in [-0.25, -0.2) is 4.79 Å². The Hall–Kier alpha value is -3.11. The van der Waals surface area contributed by atoms with Gasteiger partial charge in [-0.15, -0.1) is 0 Å². The van der Waals surface area contributed by atoms with Gasteiger partial charge < -0.3 is 14.8 Å². The lowest BCUT2D eigenvalue weighted by atomic mass is 9.84. The van der Waals surface area contributed by atoms with Crippen LogP contribution in [0.4, 0.5) is 0 Å². The second kappa shape index (κ2) is 11.0. The van der Waals surface area contributed by atoms with Gasteiger partial charge in [-0.1, -0.05) is 60.7 Å². The van der Waals surface area contributed by atoms with Crippen molar-refractivity contribution in [1.82, 2.24) is 5.32 Å². The van der Waals surface area contributed by atoms with E-state index in [1.165, 1.54) is 5.56 Å². The van der Waals surface area contributed by atoms with E-state index in [1.54, 1.807) is 12.1 Å². The third-order valence-electron chi connectivity index (χ3n) is 6.06. The number of benzene rings is 3. The average Bonchev–Trinajstić information content (AvgIpc) is 2.86. The normalized spacial score (nSPS) is 15.1. The van der Waals surface area contributed by atoms with Crippen LogP contribution < -0.4 is 10.1 Å². The summed E-state index contributed by atoms with van der Waals surface area (Å²) in [5, 5.41) is 3.36. The molecule has 0 bridgehead atoms. The summed E-state index contributed by atoms with van der Waals surface area (Å²) in [5.41, 5.74) is 2.40. The van der Waals surface area contributed by atoms with Gasteiger partial charge in [0.2, 0.25) is 0 Å². The standard InChI is InChI=1S/C28H31NO3/c30-27(32-28(18-20-29-21-19-28)25-12-5-2-6-13-25)24-14-16-26(17-15-24)31-22-8-7-11-23-9-3-1-4-10-23/h1-6,9-10,12-17,29H,7-8,11,18-22H2. The largest absolute Gasteiger partial charge is 0.494 e. The molecule has 1 aliphatic heterocycles. The predicted octanol–water partition coefficient (Wildman–Crippen LogP) is 5.52. The molecule has 3 aromatic carbocycles. The maximum atomic E-state index is 13.0. The SMILES string of the molecule is O=C(OC1(c2ccccc2)CCNCC1)c1ccc(OCCCCc2ccccc2)cc1. The molecule has 4 heteroatoms. The molecule has 0 amide bonds. The van der Waals surface area contributed by atoms with Crippen LogP contribution >= 0.6 is 0 Å². The number of hydrogen-bond donors (Lipinski definition) is 1. The number of piperidine rings is 1. The zero-order chi connectivity index (χ0) is 22.1. The van der Waals surface area contributed by atoms with E-state index in [2.05, 4.69) is 29.6 Å². The van der Waals surface area contributed by atoms with Gasteiger partial charge in [-0.2, -0.15) is 0 Å². The number of aryl methyl sites for hydroxylation is 1. The number of carbonyl (C=O) groups excluding carboxylic acids is 1. The van der Waals surface area contributed by atoms with E-state index in [1.807, 2.05) is 48.5 Å². The topological polar surface area (TPSA) is 47.6 Å². The number of nitrogens with one attached hydrogen (secondary N) is 1. The van der Waals surface area contributed by atoms with E-state index in [9.17, 15) is 4.79 Å². The first-order chi connectivity index (χ1) is 15.8. The lowest BCUT2D eigenvalue weighted by molar-refractivity contribution is -0.0378. The lowest BCUT2D eigenvalue weighted by Crippen LogP contribution is -2.43. The summed E-state index contributed by atoms with van der Waals surface area (Å²) in [5.74, 6) is 0.492. The Morgan fingerprint density at radius 3 is 2.16 bits per heavy atom. The maximum Gasteiger partial charge on any atom is 0.339 e. The van der Waals surface area contributed by atoms with Crippen LogP contribution in [0.5, 0.6) is 5.75 Å².